The summed E-state index contributed by atoms with van der Waals surface area (Å²) in [7, 11) is 0. The molecule has 1 aromatic carbocycles. The molecule has 1 N–H and O–H groups in total. The lowest BCUT2D eigenvalue weighted by atomic mass is 9.49. The van der Waals surface area contributed by atoms with E-state index in [9.17, 15) is 24.3 Å². The third-order valence-electron chi connectivity index (χ3n) is 9.35. The van der Waals surface area contributed by atoms with Gasteiger partial charge in [-0.2, -0.15) is 0 Å². The maximum absolute atomic E-state index is 13.3. The number of esters is 3. The lowest BCUT2D eigenvalue weighted by Gasteiger charge is -2.58. The summed E-state index contributed by atoms with van der Waals surface area (Å²) in [5.74, 6) is -3.02. The van der Waals surface area contributed by atoms with Gasteiger partial charge in [-0.3, -0.25) is 14.4 Å². The zero-order valence-corrected chi connectivity index (χ0v) is 24.6. The number of hydrogen-bond donors (Lipinski definition) is 1. The summed E-state index contributed by atoms with van der Waals surface area (Å²) in [6.45, 7) is 14.3. The number of ether oxygens (including phenoxy) is 3. The highest BCUT2D eigenvalue weighted by atomic mass is 16.6. The van der Waals surface area contributed by atoms with Crippen LogP contribution in [0.15, 0.2) is 59.7 Å². The number of ketones is 1. The molecule has 8 nitrogen and oxygen atoms in total. The Morgan fingerprint density at radius 1 is 1.02 bits per heavy atom. The molecule has 2 fully saturated rings. The molecule has 41 heavy (non-hydrogen) atoms. The van der Waals surface area contributed by atoms with Gasteiger partial charge in [-0.05, 0) is 53.5 Å². The van der Waals surface area contributed by atoms with Crippen molar-refractivity contribution in [3.05, 3.63) is 65.3 Å². The van der Waals surface area contributed by atoms with E-state index in [2.05, 4.69) is 6.58 Å². The van der Waals surface area contributed by atoms with Crippen LogP contribution in [0.2, 0.25) is 0 Å². The smallest absolute Gasteiger partial charge is 0.331 e. The first kappa shape index (κ1) is 30.4. The first-order chi connectivity index (χ1) is 19.2. The molecule has 0 radical (unpaired) electrons. The van der Waals surface area contributed by atoms with Crippen LogP contribution in [0.4, 0.5) is 0 Å². The molecule has 8 heteroatoms. The molecule has 3 aliphatic rings. The van der Waals surface area contributed by atoms with Crippen molar-refractivity contribution in [2.45, 2.75) is 85.2 Å². The van der Waals surface area contributed by atoms with Crippen LogP contribution in [-0.4, -0.2) is 53.2 Å². The second-order valence-electron chi connectivity index (χ2n) is 12.3. The van der Waals surface area contributed by atoms with Crippen LogP contribution in [0, 0.1) is 22.7 Å². The Hall–Kier alpha value is -3.52. The first-order valence-corrected chi connectivity index (χ1v) is 14.1. The number of fused-ring (bicyclic) bond motifs is 3. The van der Waals surface area contributed by atoms with E-state index >= 15 is 0 Å². The number of allylic oxidation sites excluding steroid dienone is 1. The molecule has 0 saturated heterocycles. The standard InChI is InChI=1S/C33H40O8/c1-18-24(36)17-23-29(39-20(3)34)28-19(2)25(41-26(37)14-13-22-11-9-8-10-12-22)15-16-33(28,7)31(38)30(40-21(4)35)27(18)32(23,5)6/h8-14,23,25,28-31,38H,2,15-17H2,1,3-7H3/b14-13+/t23-,25-,28-,29+,30+,31-,33+/m0/s1. The van der Waals surface area contributed by atoms with Gasteiger partial charge in [-0.25, -0.2) is 4.79 Å². The third-order valence-corrected chi connectivity index (χ3v) is 9.35. The van der Waals surface area contributed by atoms with Gasteiger partial charge >= 0.3 is 17.9 Å². The van der Waals surface area contributed by atoms with E-state index in [1.165, 1.54) is 19.9 Å². The maximum Gasteiger partial charge on any atom is 0.331 e. The number of carbonyl (C=O) groups is 4. The van der Waals surface area contributed by atoms with Gasteiger partial charge in [-0.1, -0.05) is 57.7 Å². The summed E-state index contributed by atoms with van der Waals surface area (Å²) in [6, 6.07) is 9.35. The normalized spacial score (nSPS) is 33.0. The van der Waals surface area contributed by atoms with Crippen molar-refractivity contribution in [1.29, 1.82) is 0 Å². The van der Waals surface area contributed by atoms with E-state index in [1.54, 1.807) is 13.0 Å². The summed E-state index contributed by atoms with van der Waals surface area (Å²) in [6.07, 6.45) is -0.0507. The number of carbonyl (C=O) groups excluding carboxylic acids is 4. The topological polar surface area (TPSA) is 116 Å². The first-order valence-electron chi connectivity index (χ1n) is 14.1. The summed E-state index contributed by atoms with van der Waals surface area (Å²) in [4.78, 5) is 51.0. The number of aliphatic hydroxyl groups excluding tert-OH is 1. The molecule has 2 saturated carbocycles. The number of rotatable bonds is 5. The zero-order chi connectivity index (χ0) is 30.3. The lowest BCUT2D eigenvalue weighted by Crippen LogP contribution is -2.63. The SMILES string of the molecule is C=C1[C@@H](OC(=O)/C=C/c2ccccc2)CC[C@@]2(C)[C@@H](O)[C@H](OC(C)=O)C3=C(C)C(=O)C[C@@H]([C@@H](OC(C)=O)[C@H]12)C3(C)C. The van der Waals surface area contributed by atoms with E-state index in [0.717, 1.165) is 5.56 Å². The van der Waals surface area contributed by atoms with Crippen molar-refractivity contribution in [2.24, 2.45) is 22.7 Å². The summed E-state index contributed by atoms with van der Waals surface area (Å²) < 4.78 is 17.6. The molecule has 0 unspecified atom stereocenters. The minimum absolute atomic E-state index is 0.104. The van der Waals surface area contributed by atoms with Gasteiger partial charge in [-0.15, -0.1) is 0 Å². The largest absolute Gasteiger partial charge is 0.462 e. The maximum atomic E-state index is 13.3. The van der Waals surface area contributed by atoms with Gasteiger partial charge in [0.1, 0.15) is 18.3 Å². The number of aliphatic hydroxyl groups is 1. The van der Waals surface area contributed by atoms with E-state index in [1.807, 2.05) is 51.1 Å². The Morgan fingerprint density at radius 2 is 1.66 bits per heavy atom. The molecule has 7 atom stereocenters. The van der Waals surface area contributed by atoms with Crippen LogP contribution in [0.1, 0.15) is 66.4 Å². The molecule has 0 amide bonds. The molecular weight excluding hydrogens is 524 g/mol. The van der Waals surface area contributed by atoms with Crippen molar-refractivity contribution < 1.29 is 38.5 Å². The van der Waals surface area contributed by atoms with Crippen LogP contribution in [0.3, 0.4) is 0 Å². The fourth-order valence-electron chi connectivity index (χ4n) is 7.30. The second kappa shape index (κ2) is 11.4. The average molecular weight is 565 g/mol. The van der Waals surface area contributed by atoms with Crippen LogP contribution in [0.25, 0.3) is 6.08 Å². The molecule has 2 bridgehead atoms. The minimum Gasteiger partial charge on any atom is -0.462 e. The van der Waals surface area contributed by atoms with Gasteiger partial charge in [0, 0.05) is 43.6 Å². The molecule has 0 spiro atoms. The van der Waals surface area contributed by atoms with Crippen molar-refractivity contribution >= 4 is 29.8 Å². The Labute approximate surface area is 241 Å². The van der Waals surface area contributed by atoms with E-state index in [-0.39, 0.29) is 12.2 Å². The molecule has 0 aliphatic heterocycles. The fraction of sp³-hybridized carbons (Fsp3) is 0.515. The number of hydrogen-bond acceptors (Lipinski definition) is 8. The quantitative estimate of drug-likeness (QED) is 0.236. The number of Topliss-reactive ketones (excluding diaryl/α,β-unsaturated/α-hetero) is 1. The van der Waals surface area contributed by atoms with Crippen molar-refractivity contribution in [3.8, 4) is 0 Å². The zero-order valence-electron chi connectivity index (χ0n) is 24.6. The minimum atomic E-state index is -1.25. The van der Waals surface area contributed by atoms with Crippen molar-refractivity contribution in [1.82, 2.24) is 0 Å². The van der Waals surface area contributed by atoms with Crippen molar-refractivity contribution in [3.63, 3.8) is 0 Å². The number of benzene rings is 1. The Morgan fingerprint density at radius 3 is 2.27 bits per heavy atom. The Kier molecular flexibility index (Phi) is 8.46. The molecule has 0 heterocycles. The molecule has 3 aliphatic carbocycles. The molecule has 0 aromatic heterocycles. The van der Waals surface area contributed by atoms with Gasteiger partial charge in [0.05, 0.1) is 0 Å². The molecular formula is C33H40O8. The highest BCUT2D eigenvalue weighted by Gasteiger charge is 2.63. The predicted octanol–water partition coefficient (Wildman–Crippen LogP) is 4.75. The van der Waals surface area contributed by atoms with Crippen molar-refractivity contribution in [2.75, 3.05) is 0 Å². The predicted molar refractivity (Wildman–Crippen MR) is 152 cm³/mol. The van der Waals surface area contributed by atoms with E-state index in [4.69, 9.17) is 14.2 Å². The molecule has 1 aromatic rings. The van der Waals surface area contributed by atoms with E-state index in [0.29, 0.717) is 29.6 Å². The Bertz CT molecular complexity index is 1310. The summed E-state index contributed by atoms with van der Waals surface area (Å²) in [5.41, 5.74) is 0.557. The van der Waals surface area contributed by atoms with Crippen LogP contribution >= 0.6 is 0 Å². The highest BCUT2D eigenvalue weighted by molar-refractivity contribution is 5.97. The summed E-state index contributed by atoms with van der Waals surface area (Å²) in [5, 5.41) is 12.1. The van der Waals surface area contributed by atoms with Crippen LogP contribution < -0.4 is 0 Å². The van der Waals surface area contributed by atoms with Crippen LogP contribution in [0.5, 0.6) is 0 Å². The fourth-order valence-corrected chi connectivity index (χ4v) is 7.30. The highest BCUT2D eigenvalue weighted by Crippen LogP contribution is 2.59. The molecule has 4 rings (SSSR count). The average Bonchev–Trinajstić information content (AvgIpc) is 2.89. The molecule has 220 valence electrons. The van der Waals surface area contributed by atoms with Gasteiger partial charge in [0.2, 0.25) is 0 Å². The third kappa shape index (κ3) is 5.67. The summed E-state index contributed by atoms with van der Waals surface area (Å²) >= 11 is 0. The van der Waals surface area contributed by atoms with Crippen LogP contribution in [-0.2, 0) is 33.4 Å². The van der Waals surface area contributed by atoms with Gasteiger partial charge in [0.25, 0.3) is 0 Å². The lowest BCUT2D eigenvalue weighted by molar-refractivity contribution is -0.190. The monoisotopic (exact) mass is 564 g/mol. The van der Waals surface area contributed by atoms with Gasteiger partial charge in [0.15, 0.2) is 11.9 Å². The second-order valence-corrected chi connectivity index (χ2v) is 12.3. The van der Waals surface area contributed by atoms with Gasteiger partial charge < -0.3 is 19.3 Å². The van der Waals surface area contributed by atoms with E-state index < -0.39 is 65.0 Å². The Balaban J connectivity index is 1.78.